The van der Waals surface area contributed by atoms with Gasteiger partial charge in [-0.05, 0) is 12.1 Å². The van der Waals surface area contributed by atoms with E-state index in [1.807, 2.05) is 0 Å². The summed E-state index contributed by atoms with van der Waals surface area (Å²) in [7, 11) is 0. The second kappa shape index (κ2) is 8.07. The summed E-state index contributed by atoms with van der Waals surface area (Å²) in [4.78, 5) is 11.9. The molecule has 1 rings (SSSR count). The predicted octanol–water partition coefficient (Wildman–Crippen LogP) is 0.777. The first-order valence-corrected chi connectivity index (χ1v) is 6.54. The summed E-state index contributed by atoms with van der Waals surface area (Å²) in [6.45, 7) is -0.606. The van der Waals surface area contributed by atoms with Crippen LogP contribution in [-0.2, 0) is 4.79 Å². The molecule has 1 aromatic rings. The van der Waals surface area contributed by atoms with E-state index >= 15 is 0 Å². The highest BCUT2D eigenvalue weighted by atomic mass is 32.2. The van der Waals surface area contributed by atoms with Gasteiger partial charge in [0.05, 0.1) is 19.3 Å². The van der Waals surface area contributed by atoms with Crippen molar-refractivity contribution in [1.29, 1.82) is 0 Å². The summed E-state index contributed by atoms with van der Waals surface area (Å²) < 4.78 is 13.2. The quantitative estimate of drug-likeness (QED) is 0.642. The normalized spacial score (nSPS) is 10.7. The molecule has 0 aliphatic rings. The van der Waals surface area contributed by atoms with Crippen LogP contribution in [0.2, 0.25) is 0 Å². The van der Waals surface area contributed by atoms with Crippen molar-refractivity contribution in [2.75, 3.05) is 19.0 Å². The van der Waals surface area contributed by atoms with Crippen molar-refractivity contribution < 1.29 is 19.4 Å². The van der Waals surface area contributed by atoms with E-state index in [-0.39, 0.29) is 31.4 Å². The minimum atomic E-state index is -0.629. The lowest BCUT2D eigenvalue weighted by molar-refractivity contribution is -0.122. The Hall–Kier alpha value is -1.11. The molecule has 0 aliphatic carbocycles. The first-order chi connectivity index (χ1) is 8.67. The second-order valence-electron chi connectivity index (χ2n) is 3.66. The van der Waals surface area contributed by atoms with Crippen molar-refractivity contribution in [3.63, 3.8) is 0 Å². The molecule has 1 aromatic carbocycles. The van der Waals surface area contributed by atoms with E-state index in [9.17, 15) is 9.18 Å². The average molecular weight is 273 g/mol. The fourth-order valence-corrected chi connectivity index (χ4v) is 2.15. The average Bonchev–Trinajstić information content (AvgIpc) is 2.38. The summed E-state index contributed by atoms with van der Waals surface area (Å²) in [5.41, 5.74) is 0. The van der Waals surface area contributed by atoms with Crippen LogP contribution in [0.15, 0.2) is 29.2 Å². The number of aliphatic hydroxyl groups is 2. The molecule has 0 spiro atoms. The number of aliphatic hydroxyl groups excluding tert-OH is 2. The van der Waals surface area contributed by atoms with E-state index in [4.69, 9.17) is 10.2 Å². The number of benzene rings is 1. The number of carbonyl (C=O) groups is 1. The van der Waals surface area contributed by atoms with Gasteiger partial charge in [0.2, 0.25) is 5.91 Å². The van der Waals surface area contributed by atoms with Gasteiger partial charge in [-0.2, -0.15) is 0 Å². The van der Waals surface area contributed by atoms with Crippen LogP contribution in [0.1, 0.15) is 6.42 Å². The second-order valence-corrected chi connectivity index (χ2v) is 4.80. The third kappa shape index (κ3) is 5.03. The van der Waals surface area contributed by atoms with Gasteiger partial charge in [-0.15, -0.1) is 11.8 Å². The summed E-state index contributed by atoms with van der Waals surface area (Å²) in [5.74, 6) is -0.130. The number of thioether (sulfide) groups is 1. The molecule has 0 heterocycles. The van der Waals surface area contributed by atoms with Crippen molar-refractivity contribution in [3.05, 3.63) is 30.1 Å². The van der Waals surface area contributed by atoms with Crippen molar-refractivity contribution in [2.24, 2.45) is 0 Å². The SMILES string of the molecule is O=C(CCSc1ccccc1F)NC(CO)CO. The van der Waals surface area contributed by atoms with Crippen molar-refractivity contribution in [1.82, 2.24) is 5.32 Å². The molecule has 0 bridgehead atoms. The standard InChI is InChI=1S/C12H16FNO3S/c13-10-3-1-2-4-11(10)18-6-5-12(17)14-9(7-15)8-16/h1-4,9,15-16H,5-8H2,(H,14,17). The number of nitrogens with one attached hydrogen (secondary N) is 1. The molecule has 0 saturated heterocycles. The summed E-state index contributed by atoms with van der Waals surface area (Å²) in [6.07, 6.45) is 0.204. The largest absolute Gasteiger partial charge is 0.394 e. The molecule has 0 radical (unpaired) electrons. The van der Waals surface area contributed by atoms with Crippen molar-refractivity contribution >= 4 is 17.7 Å². The molecule has 0 fully saturated rings. The van der Waals surface area contributed by atoms with Crippen LogP contribution in [-0.4, -0.2) is 41.1 Å². The lowest BCUT2D eigenvalue weighted by Gasteiger charge is -2.12. The molecule has 3 N–H and O–H groups in total. The van der Waals surface area contributed by atoms with Gasteiger partial charge in [0.15, 0.2) is 0 Å². The topological polar surface area (TPSA) is 69.6 Å². The Morgan fingerprint density at radius 1 is 1.33 bits per heavy atom. The molecular weight excluding hydrogens is 257 g/mol. The third-order valence-corrected chi connectivity index (χ3v) is 3.28. The van der Waals surface area contributed by atoms with E-state index in [0.29, 0.717) is 10.6 Å². The van der Waals surface area contributed by atoms with E-state index in [1.165, 1.54) is 17.8 Å². The highest BCUT2D eigenvalue weighted by molar-refractivity contribution is 7.99. The first kappa shape index (κ1) is 14.9. The van der Waals surface area contributed by atoms with Crippen LogP contribution in [0.4, 0.5) is 4.39 Å². The molecule has 4 nitrogen and oxygen atoms in total. The number of carbonyl (C=O) groups excluding carboxylic acids is 1. The fraction of sp³-hybridized carbons (Fsp3) is 0.417. The maximum atomic E-state index is 13.2. The smallest absolute Gasteiger partial charge is 0.221 e. The predicted molar refractivity (Wildman–Crippen MR) is 67.8 cm³/mol. The van der Waals surface area contributed by atoms with Gasteiger partial charge < -0.3 is 15.5 Å². The Kier molecular flexibility index (Phi) is 6.70. The Balaban J connectivity index is 2.29. The fourth-order valence-electron chi connectivity index (χ4n) is 1.26. The Morgan fingerprint density at radius 2 is 2.00 bits per heavy atom. The summed E-state index contributed by atoms with van der Waals surface area (Å²) in [5, 5.41) is 20.0. The number of hydrogen-bond acceptors (Lipinski definition) is 4. The summed E-state index contributed by atoms with van der Waals surface area (Å²) >= 11 is 1.26. The maximum absolute atomic E-state index is 13.2. The van der Waals surface area contributed by atoms with E-state index in [0.717, 1.165) is 0 Å². The Bertz CT molecular complexity index is 385. The molecular formula is C12H16FNO3S. The molecule has 0 atom stereocenters. The van der Waals surface area contributed by atoms with Crippen molar-refractivity contribution in [3.8, 4) is 0 Å². The van der Waals surface area contributed by atoms with Gasteiger partial charge in [-0.1, -0.05) is 12.1 Å². The third-order valence-electron chi connectivity index (χ3n) is 2.23. The van der Waals surface area contributed by atoms with E-state index < -0.39 is 6.04 Å². The zero-order valence-corrected chi connectivity index (χ0v) is 10.6. The highest BCUT2D eigenvalue weighted by Crippen LogP contribution is 2.21. The van der Waals surface area contributed by atoms with Gasteiger partial charge in [0.1, 0.15) is 5.82 Å². The number of hydrogen-bond donors (Lipinski definition) is 3. The molecule has 18 heavy (non-hydrogen) atoms. The highest BCUT2D eigenvalue weighted by Gasteiger charge is 2.10. The maximum Gasteiger partial charge on any atom is 0.221 e. The van der Waals surface area contributed by atoms with Crippen LogP contribution in [0.5, 0.6) is 0 Å². The Morgan fingerprint density at radius 3 is 2.61 bits per heavy atom. The first-order valence-electron chi connectivity index (χ1n) is 5.55. The molecule has 0 aromatic heterocycles. The van der Waals surface area contributed by atoms with Crippen LogP contribution < -0.4 is 5.32 Å². The number of halogens is 1. The van der Waals surface area contributed by atoms with Crippen LogP contribution >= 0.6 is 11.8 Å². The molecule has 0 saturated carbocycles. The molecule has 1 amide bonds. The molecule has 0 unspecified atom stereocenters. The van der Waals surface area contributed by atoms with Crippen LogP contribution in [0.3, 0.4) is 0 Å². The van der Waals surface area contributed by atoms with Gasteiger partial charge >= 0.3 is 0 Å². The zero-order valence-electron chi connectivity index (χ0n) is 9.80. The lowest BCUT2D eigenvalue weighted by atomic mass is 10.3. The van der Waals surface area contributed by atoms with E-state index in [1.54, 1.807) is 18.2 Å². The van der Waals surface area contributed by atoms with Gasteiger partial charge in [-0.25, -0.2) is 4.39 Å². The zero-order chi connectivity index (χ0) is 13.4. The van der Waals surface area contributed by atoms with E-state index in [2.05, 4.69) is 5.32 Å². The van der Waals surface area contributed by atoms with Crippen LogP contribution in [0, 0.1) is 5.82 Å². The molecule has 100 valence electrons. The summed E-state index contributed by atoms with van der Waals surface area (Å²) in [6, 6.07) is 5.74. The Labute approximate surface area is 109 Å². The number of rotatable bonds is 7. The molecule has 0 aliphatic heterocycles. The lowest BCUT2D eigenvalue weighted by Crippen LogP contribution is -2.40. The monoisotopic (exact) mass is 273 g/mol. The minimum Gasteiger partial charge on any atom is -0.394 e. The van der Waals surface area contributed by atoms with Gasteiger partial charge in [0, 0.05) is 17.1 Å². The minimum absolute atomic E-state index is 0.204. The van der Waals surface area contributed by atoms with Crippen molar-refractivity contribution in [2.45, 2.75) is 17.4 Å². The van der Waals surface area contributed by atoms with Crippen LogP contribution in [0.25, 0.3) is 0 Å². The van der Waals surface area contributed by atoms with Gasteiger partial charge in [-0.3, -0.25) is 4.79 Å². The molecule has 6 heteroatoms. The van der Waals surface area contributed by atoms with Gasteiger partial charge in [0.25, 0.3) is 0 Å². The number of amides is 1.